The molecule has 0 unspecified atom stereocenters. The minimum atomic E-state index is -0.432. The predicted octanol–water partition coefficient (Wildman–Crippen LogP) is 4.85. The van der Waals surface area contributed by atoms with Gasteiger partial charge in [-0.05, 0) is 49.2 Å². The van der Waals surface area contributed by atoms with Crippen LogP contribution in [-0.2, 0) is 0 Å². The van der Waals surface area contributed by atoms with E-state index in [0.29, 0.717) is 21.4 Å². The van der Waals surface area contributed by atoms with Crippen molar-refractivity contribution >= 4 is 40.6 Å². The molecule has 2 N–H and O–H groups in total. The molecule has 0 heterocycles. The van der Waals surface area contributed by atoms with Crippen LogP contribution in [0.5, 0.6) is 0 Å². The zero-order valence-electron chi connectivity index (χ0n) is 12.2. The number of hydrogen-bond acceptors (Lipinski definition) is 2. The van der Waals surface area contributed by atoms with Gasteiger partial charge in [-0.1, -0.05) is 41.4 Å². The number of rotatable bonds is 3. The summed E-state index contributed by atoms with van der Waals surface area (Å²) in [6.07, 6.45) is 0. The van der Waals surface area contributed by atoms with E-state index in [1.807, 2.05) is 19.1 Å². The predicted molar refractivity (Wildman–Crippen MR) is 92.0 cm³/mol. The summed E-state index contributed by atoms with van der Waals surface area (Å²) in [5.41, 5.74) is 5.45. The van der Waals surface area contributed by atoms with Gasteiger partial charge in [0.2, 0.25) is 0 Å². The molecule has 2 rings (SSSR count). The Morgan fingerprint density at radius 1 is 1.09 bits per heavy atom. The van der Waals surface area contributed by atoms with E-state index in [1.54, 1.807) is 37.3 Å². The van der Waals surface area contributed by atoms with Crippen LogP contribution in [0.3, 0.4) is 0 Å². The normalized spacial score (nSPS) is 11.2. The molecule has 0 aromatic heterocycles. The number of carbonyl (C=O) groups excluding carboxylic acids is 1. The molecule has 0 saturated heterocycles. The summed E-state index contributed by atoms with van der Waals surface area (Å²) in [7, 11) is 0. The molecule has 0 atom stereocenters. The van der Waals surface area contributed by atoms with Gasteiger partial charge in [0.1, 0.15) is 0 Å². The molecule has 22 heavy (non-hydrogen) atoms. The Balaban J connectivity index is 2.01. The van der Waals surface area contributed by atoms with Crippen LogP contribution >= 0.6 is 23.2 Å². The van der Waals surface area contributed by atoms with E-state index in [1.165, 1.54) is 0 Å². The third kappa shape index (κ3) is 4.23. The number of hydrogen-bond donors (Lipinski definition) is 2. The summed E-state index contributed by atoms with van der Waals surface area (Å²) in [6.45, 7) is 3.63. The summed E-state index contributed by atoms with van der Waals surface area (Å²) in [4.78, 5) is 11.9. The Morgan fingerprint density at radius 3 is 2.45 bits per heavy atom. The van der Waals surface area contributed by atoms with Gasteiger partial charge in [-0.2, -0.15) is 5.10 Å². The van der Waals surface area contributed by atoms with Crippen LogP contribution in [0.25, 0.3) is 0 Å². The van der Waals surface area contributed by atoms with Crippen molar-refractivity contribution in [3.8, 4) is 0 Å². The maximum Gasteiger partial charge on any atom is 0.339 e. The maximum atomic E-state index is 11.9. The van der Waals surface area contributed by atoms with Crippen LogP contribution < -0.4 is 10.7 Å². The number of nitrogens with one attached hydrogen (secondary N) is 2. The van der Waals surface area contributed by atoms with Gasteiger partial charge in [-0.15, -0.1) is 0 Å². The lowest BCUT2D eigenvalue weighted by Gasteiger charge is -2.09. The first-order valence-corrected chi connectivity index (χ1v) is 7.35. The lowest BCUT2D eigenvalue weighted by atomic mass is 10.1. The van der Waals surface area contributed by atoms with Gasteiger partial charge in [0, 0.05) is 15.7 Å². The van der Waals surface area contributed by atoms with E-state index in [-0.39, 0.29) is 0 Å². The van der Waals surface area contributed by atoms with Gasteiger partial charge in [-0.3, -0.25) is 0 Å². The number of nitrogens with zero attached hydrogens (tertiary/aromatic N) is 1. The molecule has 0 bridgehead atoms. The van der Waals surface area contributed by atoms with E-state index < -0.39 is 6.03 Å². The highest BCUT2D eigenvalue weighted by Gasteiger charge is 2.06. The lowest BCUT2D eigenvalue weighted by Crippen LogP contribution is -2.25. The Labute approximate surface area is 139 Å². The van der Waals surface area contributed by atoms with Crippen LogP contribution in [0, 0.1) is 6.92 Å². The molecule has 2 aromatic carbocycles. The van der Waals surface area contributed by atoms with E-state index in [9.17, 15) is 4.79 Å². The van der Waals surface area contributed by atoms with Crippen LogP contribution in [0.1, 0.15) is 18.1 Å². The average molecular weight is 336 g/mol. The van der Waals surface area contributed by atoms with Crippen LogP contribution in [0.4, 0.5) is 10.5 Å². The second-order valence-electron chi connectivity index (χ2n) is 4.68. The molecule has 4 nitrogen and oxygen atoms in total. The molecular weight excluding hydrogens is 321 g/mol. The number of anilines is 1. The monoisotopic (exact) mass is 335 g/mol. The quantitative estimate of drug-likeness (QED) is 0.611. The zero-order chi connectivity index (χ0) is 16.1. The molecular formula is C16H15Cl2N3O. The highest BCUT2D eigenvalue weighted by Crippen LogP contribution is 2.22. The Kier molecular flexibility index (Phi) is 5.41. The summed E-state index contributed by atoms with van der Waals surface area (Å²) < 4.78 is 0. The summed E-state index contributed by atoms with van der Waals surface area (Å²) >= 11 is 11.8. The van der Waals surface area contributed by atoms with Gasteiger partial charge in [0.05, 0.1) is 5.71 Å². The number of benzene rings is 2. The zero-order valence-corrected chi connectivity index (χ0v) is 13.7. The van der Waals surface area contributed by atoms with Crippen molar-refractivity contribution in [2.24, 2.45) is 5.10 Å². The molecule has 0 spiro atoms. The number of carbonyl (C=O) groups is 1. The molecule has 0 fully saturated rings. The van der Waals surface area contributed by atoms with Crippen LogP contribution in [-0.4, -0.2) is 11.7 Å². The van der Waals surface area contributed by atoms with Gasteiger partial charge < -0.3 is 5.32 Å². The topological polar surface area (TPSA) is 53.5 Å². The first kappa shape index (κ1) is 16.3. The van der Waals surface area contributed by atoms with Crippen molar-refractivity contribution in [1.82, 2.24) is 5.43 Å². The molecule has 2 amide bonds. The highest BCUT2D eigenvalue weighted by molar-refractivity contribution is 6.31. The number of halogens is 2. The highest BCUT2D eigenvalue weighted by atomic mass is 35.5. The second kappa shape index (κ2) is 7.29. The smallest absolute Gasteiger partial charge is 0.306 e. The molecule has 0 radical (unpaired) electrons. The minimum absolute atomic E-state index is 0.432. The first-order valence-electron chi connectivity index (χ1n) is 6.59. The summed E-state index contributed by atoms with van der Waals surface area (Å²) in [5.74, 6) is 0. The first-order chi connectivity index (χ1) is 10.5. The summed E-state index contributed by atoms with van der Waals surface area (Å²) in [5, 5.41) is 8.00. The molecule has 6 heteroatoms. The van der Waals surface area contributed by atoms with E-state index in [4.69, 9.17) is 23.2 Å². The fourth-order valence-electron chi connectivity index (χ4n) is 1.78. The summed E-state index contributed by atoms with van der Waals surface area (Å²) in [6, 6.07) is 12.1. The van der Waals surface area contributed by atoms with Crippen LogP contribution in [0.15, 0.2) is 47.6 Å². The van der Waals surface area contributed by atoms with Gasteiger partial charge in [0.15, 0.2) is 0 Å². The Morgan fingerprint density at radius 2 is 1.77 bits per heavy atom. The van der Waals surface area contributed by atoms with Crippen molar-refractivity contribution in [3.63, 3.8) is 0 Å². The number of hydrazone groups is 1. The molecule has 0 aliphatic carbocycles. The van der Waals surface area contributed by atoms with Crippen molar-refractivity contribution in [2.45, 2.75) is 13.8 Å². The van der Waals surface area contributed by atoms with Gasteiger partial charge in [0.25, 0.3) is 0 Å². The van der Waals surface area contributed by atoms with Crippen LogP contribution in [0.2, 0.25) is 10.0 Å². The molecule has 114 valence electrons. The minimum Gasteiger partial charge on any atom is -0.306 e. The molecule has 0 aliphatic heterocycles. The van der Waals surface area contributed by atoms with Gasteiger partial charge in [-0.25, -0.2) is 10.2 Å². The number of amides is 2. The van der Waals surface area contributed by atoms with Crippen molar-refractivity contribution in [1.29, 1.82) is 0 Å². The largest absolute Gasteiger partial charge is 0.339 e. The van der Waals surface area contributed by atoms with Crippen molar-refractivity contribution in [3.05, 3.63) is 63.6 Å². The Bertz CT molecular complexity index is 712. The average Bonchev–Trinajstić information content (AvgIpc) is 2.50. The molecule has 0 aliphatic rings. The third-order valence-corrected chi connectivity index (χ3v) is 3.76. The molecule has 0 saturated carbocycles. The Hall–Kier alpha value is -2.04. The third-order valence-electron chi connectivity index (χ3n) is 3.10. The van der Waals surface area contributed by atoms with Gasteiger partial charge >= 0.3 is 6.03 Å². The lowest BCUT2D eigenvalue weighted by molar-refractivity contribution is 0.252. The standard InChI is InChI=1S/C16H15Cl2N3O/c1-10-14(18)4-3-5-15(10)19-16(22)21-20-11(2)12-6-8-13(17)9-7-12/h3-9H,1-2H3,(H2,19,21,22)/b20-11+. The van der Waals surface area contributed by atoms with Crippen molar-refractivity contribution < 1.29 is 4.79 Å². The fourth-order valence-corrected chi connectivity index (χ4v) is 2.08. The fraction of sp³-hybridized carbons (Fsp3) is 0.125. The van der Waals surface area contributed by atoms with E-state index in [0.717, 1.165) is 11.1 Å². The second-order valence-corrected chi connectivity index (χ2v) is 5.53. The van der Waals surface area contributed by atoms with E-state index >= 15 is 0 Å². The van der Waals surface area contributed by atoms with Crippen molar-refractivity contribution in [2.75, 3.05) is 5.32 Å². The SMILES string of the molecule is C/C(=N\NC(=O)Nc1cccc(Cl)c1C)c1ccc(Cl)cc1. The maximum absolute atomic E-state index is 11.9. The van der Waals surface area contributed by atoms with E-state index in [2.05, 4.69) is 15.8 Å². The molecule has 2 aromatic rings. The number of urea groups is 1.